The van der Waals surface area contributed by atoms with Crippen LogP contribution in [0.2, 0.25) is 0 Å². The molecule has 35 heavy (non-hydrogen) atoms. The number of halogens is 4. The molecule has 0 spiro atoms. The van der Waals surface area contributed by atoms with E-state index in [4.69, 9.17) is 4.84 Å². The summed E-state index contributed by atoms with van der Waals surface area (Å²) in [6.07, 6.45) is 1.06. The molecule has 2 N–H and O–H groups in total. The van der Waals surface area contributed by atoms with Gasteiger partial charge in [0.05, 0.1) is 11.9 Å². The summed E-state index contributed by atoms with van der Waals surface area (Å²) in [5.41, 5.74) is 3.17. The van der Waals surface area contributed by atoms with Crippen molar-refractivity contribution in [3.05, 3.63) is 86.6 Å². The molecule has 0 radical (unpaired) electrons. The standard InChI is InChI=1S/C23H19F4N5O3/c24-12-2-4-17(28-10-12)22-29-19(35-31-22)5-6-20(33)32-18-7-11(1-3-14(18)23(34)30-32)15-8-13(25)9-16(26)21(15)27/h2,4,8-11,19H,1,3,5-7H2,(H,29,31)(H,30,34). The van der Waals surface area contributed by atoms with E-state index in [1.54, 1.807) is 0 Å². The van der Waals surface area contributed by atoms with Gasteiger partial charge in [0.1, 0.15) is 17.3 Å². The number of benzene rings is 1. The number of aromatic amines is 1. The minimum Gasteiger partial charge on any atom is -0.273 e. The number of hydrogen-bond donors (Lipinski definition) is 2. The van der Waals surface area contributed by atoms with Crippen molar-refractivity contribution >= 4 is 11.7 Å². The molecule has 0 fully saturated rings. The third-order valence-corrected chi connectivity index (χ3v) is 6.14. The first-order chi connectivity index (χ1) is 16.8. The average Bonchev–Trinajstić information content (AvgIpc) is 3.45. The van der Waals surface area contributed by atoms with Crippen LogP contribution < -0.4 is 11.0 Å². The Bertz CT molecular complexity index is 1380. The molecule has 1 aliphatic heterocycles. The van der Waals surface area contributed by atoms with Gasteiger partial charge < -0.3 is 0 Å². The minimum atomic E-state index is -1.28. The highest BCUT2D eigenvalue weighted by atomic mass is 19.2. The summed E-state index contributed by atoms with van der Waals surface area (Å²) in [4.78, 5) is 38.8. The van der Waals surface area contributed by atoms with Crippen molar-refractivity contribution in [3.8, 4) is 0 Å². The number of aromatic nitrogens is 3. The first-order valence-electron chi connectivity index (χ1n) is 10.9. The summed E-state index contributed by atoms with van der Waals surface area (Å²) in [6, 6.07) is 4.08. The quantitative estimate of drug-likeness (QED) is 0.424. The number of rotatable bonds is 5. The average molecular weight is 489 g/mol. The van der Waals surface area contributed by atoms with E-state index in [1.165, 1.54) is 12.1 Å². The van der Waals surface area contributed by atoms with Gasteiger partial charge in [-0.25, -0.2) is 42.5 Å². The number of H-pyrrole nitrogens is 1. The number of hydrogen-bond acceptors (Lipinski definition) is 6. The van der Waals surface area contributed by atoms with Crippen LogP contribution in [0.15, 0.2) is 40.2 Å². The van der Waals surface area contributed by atoms with Crippen LogP contribution in [0.3, 0.4) is 0 Å². The molecule has 3 aromatic rings. The van der Waals surface area contributed by atoms with Gasteiger partial charge in [0, 0.05) is 24.5 Å². The van der Waals surface area contributed by atoms with Crippen LogP contribution >= 0.6 is 0 Å². The van der Waals surface area contributed by atoms with Crippen LogP contribution in [0.5, 0.6) is 0 Å². The van der Waals surface area contributed by atoms with Crippen molar-refractivity contribution in [2.24, 2.45) is 4.99 Å². The number of hydroxylamine groups is 1. The van der Waals surface area contributed by atoms with Crippen LogP contribution in [0, 0.1) is 23.3 Å². The predicted octanol–water partition coefficient (Wildman–Crippen LogP) is 3.13. The summed E-state index contributed by atoms with van der Waals surface area (Å²) in [5, 5.41) is 2.51. The molecule has 1 aliphatic carbocycles. The first kappa shape index (κ1) is 23.0. The number of aliphatic imine (C=N–C) groups is 1. The fourth-order valence-corrected chi connectivity index (χ4v) is 4.42. The molecule has 0 amide bonds. The topological polar surface area (TPSA) is 101 Å². The molecule has 2 atom stereocenters. The predicted molar refractivity (Wildman–Crippen MR) is 115 cm³/mol. The van der Waals surface area contributed by atoms with Crippen molar-refractivity contribution in [1.82, 2.24) is 20.2 Å². The second-order valence-electron chi connectivity index (χ2n) is 8.38. The van der Waals surface area contributed by atoms with E-state index in [1.807, 2.05) is 0 Å². The molecular weight excluding hydrogens is 470 g/mol. The molecule has 182 valence electrons. The Morgan fingerprint density at radius 3 is 2.77 bits per heavy atom. The molecule has 2 aliphatic rings. The zero-order chi connectivity index (χ0) is 24.7. The number of nitrogens with zero attached hydrogens (tertiary/aromatic N) is 3. The van der Waals surface area contributed by atoms with E-state index >= 15 is 0 Å². The molecule has 0 bridgehead atoms. The highest BCUT2D eigenvalue weighted by Gasteiger charge is 2.31. The molecule has 2 unspecified atom stereocenters. The van der Waals surface area contributed by atoms with Crippen molar-refractivity contribution in [3.63, 3.8) is 0 Å². The van der Waals surface area contributed by atoms with Gasteiger partial charge in [-0.2, -0.15) is 0 Å². The molecule has 2 aromatic heterocycles. The lowest BCUT2D eigenvalue weighted by Crippen LogP contribution is -2.23. The Labute approximate surface area is 195 Å². The number of fused-ring (bicyclic) bond motifs is 1. The van der Waals surface area contributed by atoms with Crippen molar-refractivity contribution < 1.29 is 27.2 Å². The molecule has 0 saturated heterocycles. The lowest BCUT2D eigenvalue weighted by atomic mass is 9.82. The molecule has 3 heterocycles. The van der Waals surface area contributed by atoms with Crippen molar-refractivity contribution in [2.45, 2.75) is 44.2 Å². The van der Waals surface area contributed by atoms with E-state index in [0.29, 0.717) is 35.3 Å². The van der Waals surface area contributed by atoms with Crippen LogP contribution in [0.4, 0.5) is 17.6 Å². The smallest absolute Gasteiger partial charge is 0.267 e. The normalized spacial score (nSPS) is 19.3. The number of carbonyl (C=O) groups excluding carboxylic acids is 1. The highest BCUT2D eigenvalue weighted by molar-refractivity contribution is 5.97. The monoisotopic (exact) mass is 489 g/mol. The Hall–Kier alpha value is -3.80. The summed E-state index contributed by atoms with van der Waals surface area (Å²) < 4.78 is 55.9. The fraction of sp³-hybridized carbons (Fsp3) is 0.304. The van der Waals surface area contributed by atoms with Gasteiger partial charge in [-0.05, 0) is 48.9 Å². The van der Waals surface area contributed by atoms with Crippen LogP contribution in [0.1, 0.15) is 52.5 Å². The lowest BCUT2D eigenvalue weighted by molar-refractivity contribution is 0.0308. The lowest BCUT2D eigenvalue weighted by Gasteiger charge is -2.23. The van der Waals surface area contributed by atoms with Crippen LogP contribution in [-0.4, -0.2) is 32.7 Å². The number of pyridine rings is 1. The van der Waals surface area contributed by atoms with Crippen molar-refractivity contribution in [2.75, 3.05) is 0 Å². The zero-order valence-electron chi connectivity index (χ0n) is 18.2. The molecule has 12 heteroatoms. The van der Waals surface area contributed by atoms with Gasteiger partial charge in [-0.15, -0.1) is 0 Å². The minimum absolute atomic E-state index is 0.0509. The van der Waals surface area contributed by atoms with Gasteiger partial charge >= 0.3 is 0 Å². The fourth-order valence-electron chi connectivity index (χ4n) is 4.42. The Balaban J connectivity index is 1.30. The van der Waals surface area contributed by atoms with Gasteiger partial charge in [0.2, 0.25) is 5.91 Å². The van der Waals surface area contributed by atoms with Crippen LogP contribution in [-0.2, 0) is 17.7 Å². The van der Waals surface area contributed by atoms with E-state index in [-0.39, 0.29) is 31.2 Å². The summed E-state index contributed by atoms with van der Waals surface area (Å²) >= 11 is 0. The van der Waals surface area contributed by atoms with Crippen molar-refractivity contribution in [1.29, 1.82) is 0 Å². The van der Waals surface area contributed by atoms with E-state index in [9.17, 15) is 27.2 Å². The Morgan fingerprint density at radius 1 is 1.17 bits per heavy atom. The molecule has 0 saturated carbocycles. The first-order valence-corrected chi connectivity index (χ1v) is 10.9. The third kappa shape index (κ3) is 4.48. The second-order valence-corrected chi connectivity index (χ2v) is 8.38. The SMILES string of the molecule is O=C(CCC1N=C(c2ccc(F)cn2)NO1)n1[nH]c(=O)c2c1CC(c1cc(F)cc(F)c1F)CC2. The maximum Gasteiger partial charge on any atom is 0.267 e. The zero-order valence-corrected chi connectivity index (χ0v) is 18.2. The highest BCUT2D eigenvalue weighted by Crippen LogP contribution is 2.34. The summed E-state index contributed by atoms with van der Waals surface area (Å²) in [5.74, 6) is -4.55. The van der Waals surface area contributed by atoms with Gasteiger partial charge in [0.15, 0.2) is 23.7 Å². The summed E-state index contributed by atoms with van der Waals surface area (Å²) in [7, 11) is 0. The largest absolute Gasteiger partial charge is 0.273 e. The molecule has 8 nitrogen and oxygen atoms in total. The number of nitrogens with one attached hydrogen (secondary N) is 2. The Kier molecular flexibility index (Phi) is 5.97. The Morgan fingerprint density at radius 2 is 2.00 bits per heavy atom. The third-order valence-electron chi connectivity index (χ3n) is 6.14. The molecule has 1 aromatic carbocycles. The maximum atomic E-state index is 14.3. The van der Waals surface area contributed by atoms with E-state index < -0.39 is 46.9 Å². The molecule has 5 rings (SSSR count). The second kappa shape index (κ2) is 9.10. The van der Waals surface area contributed by atoms with Crippen LogP contribution in [0.25, 0.3) is 0 Å². The van der Waals surface area contributed by atoms with E-state index in [2.05, 4.69) is 20.6 Å². The number of amidine groups is 1. The van der Waals surface area contributed by atoms with Gasteiger partial charge in [0.25, 0.3) is 5.56 Å². The molecular formula is C23H19F4N5O3. The van der Waals surface area contributed by atoms with Gasteiger partial charge in [-0.3, -0.25) is 14.7 Å². The number of carbonyl (C=O) groups is 1. The van der Waals surface area contributed by atoms with Gasteiger partial charge in [-0.1, -0.05) is 0 Å². The summed E-state index contributed by atoms with van der Waals surface area (Å²) in [6.45, 7) is 0. The maximum absolute atomic E-state index is 14.3. The van der Waals surface area contributed by atoms with E-state index in [0.717, 1.165) is 16.9 Å².